The third kappa shape index (κ3) is 2.40. The summed E-state index contributed by atoms with van der Waals surface area (Å²) >= 11 is 0. The second-order valence-electron chi connectivity index (χ2n) is 4.55. The van der Waals surface area contributed by atoms with Gasteiger partial charge < -0.3 is 5.73 Å². The van der Waals surface area contributed by atoms with Crippen molar-refractivity contribution in [3.63, 3.8) is 0 Å². The quantitative estimate of drug-likeness (QED) is 0.606. The highest BCUT2D eigenvalue weighted by Gasteiger charge is 2.04. The first-order chi connectivity index (χ1) is 9.34. The zero-order valence-electron chi connectivity index (χ0n) is 10.6. The summed E-state index contributed by atoms with van der Waals surface area (Å²) in [6, 6.07) is 12.0. The number of azo groups is 1. The highest BCUT2D eigenvalue weighted by molar-refractivity contribution is 5.97. The van der Waals surface area contributed by atoms with Gasteiger partial charge in [-0.3, -0.25) is 0 Å². The summed E-state index contributed by atoms with van der Waals surface area (Å²) < 4.78 is 0. The first-order valence-corrected chi connectivity index (χ1v) is 6.39. The molecule has 0 bridgehead atoms. The lowest BCUT2D eigenvalue weighted by molar-refractivity contribution is 0.913. The van der Waals surface area contributed by atoms with Gasteiger partial charge in [-0.2, -0.15) is 5.11 Å². The number of anilines is 1. The van der Waals surface area contributed by atoms with Crippen molar-refractivity contribution in [2.24, 2.45) is 10.2 Å². The van der Waals surface area contributed by atoms with E-state index in [2.05, 4.69) is 22.4 Å². The Bertz CT molecular complexity index is 696. The Hall–Kier alpha value is -2.42. The standard InChI is InChI=1S/C16H15N3/c17-15-11-10-12-6-4-5-9-14(12)16(15)19-18-13-7-2-1-3-8-13/h1-2,4-7,9-11H,3,8,17H2. The molecule has 0 amide bonds. The van der Waals surface area contributed by atoms with Crippen LogP contribution in [0.5, 0.6) is 0 Å². The number of fused-ring (bicyclic) bond motifs is 1. The van der Waals surface area contributed by atoms with E-state index in [1.165, 1.54) is 0 Å². The predicted octanol–water partition coefficient (Wildman–Crippen LogP) is 4.74. The second-order valence-corrected chi connectivity index (χ2v) is 4.55. The van der Waals surface area contributed by atoms with Crippen LogP contribution in [0.3, 0.4) is 0 Å². The van der Waals surface area contributed by atoms with E-state index in [0.717, 1.165) is 35.0 Å². The van der Waals surface area contributed by atoms with Gasteiger partial charge in [0.2, 0.25) is 0 Å². The van der Waals surface area contributed by atoms with Crippen LogP contribution in [0.15, 0.2) is 70.6 Å². The van der Waals surface area contributed by atoms with Gasteiger partial charge in [-0.15, -0.1) is 5.11 Å². The lowest BCUT2D eigenvalue weighted by Crippen LogP contribution is -1.87. The monoisotopic (exact) mass is 249 g/mol. The molecule has 0 radical (unpaired) electrons. The Kier molecular flexibility index (Phi) is 3.11. The van der Waals surface area contributed by atoms with Crippen molar-refractivity contribution in [1.29, 1.82) is 0 Å². The van der Waals surface area contributed by atoms with Gasteiger partial charge in [0, 0.05) is 5.39 Å². The average molecular weight is 249 g/mol. The maximum Gasteiger partial charge on any atom is 0.116 e. The number of nitrogens with two attached hydrogens (primary N) is 1. The summed E-state index contributed by atoms with van der Waals surface area (Å²) in [6.45, 7) is 0. The maximum atomic E-state index is 6.02. The molecule has 19 heavy (non-hydrogen) atoms. The summed E-state index contributed by atoms with van der Waals surface area (Å²) in [6.07, 6.45) is 8.10. The van der Waals surface area contributed by atoms with Crippen molar-refractivity contribution in [2.45, 2.75) is 12.8 Å². The number of hydrogen-bond donors (Lipinski definition) is 1. The normalized spacial score (nSPS) is 15.1. The van der Waals surface area contributed by atoms with Crippen LogP contribution in [0.25, 0.3) is 10.8 Å². The fourth-order valence-corrected chi connectivity index (χ4v) is 2.17. The van der Waals surface area contributed by atoms with E-state index in [9.17, 15) is 0 Å². The molecule has 0 heterocycles. The molecule has 0 unspecified atom stereocenters. The van der Waals surface area contributed by atoms with Crippen molar-refractivity contribution < 1.29 is 0 Å². The van der Waals surface area contributed by atoms with Crippen LogP contribution in [0, 0.1) is 0 Å². The minimum atomic E-state index is 0.661. The summed E-state index contributed by atoms with van der Waals surface area (Å²) in [7, 11) is 0. The molecule has 0 aliphatic heterocycles. The fraction of sp³-hybridized carbons (Fsp3) is 0.125. The molecule has 0 fully saturated rings. The Labute approximate surface area is 112 Å². The first-order valence-electron chi connectivity index (χ1n) is 6.39. The molecule has 0 spiro atoms. The molecule has 94 valence electrons. The van der Waals surface area contributed by atoms with Gasteiger partial charge in [0.05, 0.1) is 11.4 Å². The molecular weight excluding hydrogens is 234 g/mol. The van der Waals surface area contributed by atoms with Crippen LogP contribution in [-0.2, 0) is 0 Å². The van der Waals surface area contributed by atoms with Crippen molar-refractivity contribution in [2.75, 3.05) is 5.73 Å². The lowest BCUT2D eigenvalue weighted by Gasteiger charge is -2.05. The van der Waals surface area contributed by atoms with Gasteiger partial charge in [-0.1, -0.05) is 42.5 Å². The van der Waals surface area contributed by atoms with Crippen LogP contribution in [-0.4, -0.2) is 0 Å². The maximum absolute atomic E-state index is 6.02. The van der Waals surface area contributed by atoms with Crippen LogP contribution >= 0.6 is 0 Å². The van der Waals surface area contributed by atoms with Crippen molar-refractivity contribution in [3.8, 4) is 0 Å². The molecule has 2 N–H and O–H groups in total. The van der Waals surface area contributed by atoms with Gasteiger partial charge in [0.1, 0.15) is 5.69 Å². The second kappa shape index (κ2) is 5.06. The van der Waals surface area contributed by atoms with E-state index in [0.29, 0.717) is 5.69 Å². The summed E-state index contributed by atoms with van der Waals surface area (Å²) in [5.74, 6) is 0. The summed E-state index contributed by atoms with van der Waals surface area (Å²) in [5, 5.41) is 10.8. The molecule has 0 aromatic heterocycles. The molecule has 3 rings (SSSR count). The molecular formula is C16H15N3. The molecule has 3 heteroatoms. The van der Waals surface area contributed by atoms with E-state index < -0.39 is 0 Å². The van der Waals surface area contributed by atoms with Crippen LogP contribution < -0.4 is 5.73 Å². The van der Waals surface area contributed by atoms with Gasteiger partial charge in [-0.25, -0.2) is 0 Å². The predicted molar refractivity (Wildman–Crippen MR) is 79.3 cm³/mol. The van der Waals surface area contributed by atoms with E-state index in [-0.39, 0.29) is 0 Å². The largest absolute Gasteiger partial charge is 0.397 e. The SMILES string of the molecule is Nc1ccc2ccccc2c1N=NC1=CC=CCC1. The number of nitrogens with zero attached hydrogens (tertiary/aromatic N) is 2. The highest BCUT2D eigenvalue weighted by atomic mass is 15.1. The molecule has 1 aliphatic carbocycles. The zero-order chi connectivity index (χ0) is 13.1. The molecule has 2 aromatic rings. The summed E-state index contributed by atoms with van der Waals surface area (Å²) in [4.78, 5) is 0. The van der Waals surface area contributed by atoms with Gasteiger partial charge >= 0.3 is 0 Å². The zero-order valence-corrected chi connectivity index (χ0v) is 10.6. The Morgan fingerprint density at radius 1 is 1.00 bits per heavy atom. The minimum absolute atomic E-state index is 0.661. The van der Waals surface area contributed by atoms with Crippen LogP contribution in [0.2, 0.25) is 0 Å². The minimum Gasteiger partial charge on any atom is -0.397 e. The molecule has 0 saturated heterocycles. The number of rotatable bonds is 2. The van der Waals surface area contributed by atoms with Crippen LogP contribution in [0.4, 0.5) is 11.4 Å². The highest BCUT2D eigenvalue weighted by Crippen LogP contribution is 2.33. The summed E-state index contributed by atoms with van der Waals surface area (Å²) in [5.41, 5.74) is 8.43. The topological polar surface area (TPSA) is 50.7 Å². The molecule has 3 nitrogen and oxygen atoms in total. The van der Waals surface area contributed by atoms with E-state index in [1.807, 2.05) is 42.5 Å². The van der Waals surface area contributed by atoms with E-state index in [1.54, 1.807) is 0 Å². The number of nitrogen functional groups attached to an aromatic ring is 1. The Morgan fingerprint density at radius 3 is 2.74 bits per heavy atom. The first kappa shape index (κ1) is 11.7. The average Bonchev–Trinajstić information content (AvgIpc) is 2.47. The Morgan fingerprint density at radius 2 is 1.89 bits per heavy atom. The number of allylic oxidation sites excluding steroid dienone is 4. The van der Waals surface area contributed by atoms with Crippen molar-refractivity contribution in [1.82, 2.24) is 0 Å². The number of hydrogen-bond acceptors (Lipinski definition) is 3. The van der Waals surface area contributed by atoms with E-state index >= 15 is 0 Å². The van der Waals surface area contributed by atoms with Crippen LogP contribution in [0.1, 0.15) is 12.8 Å². The Balaban J connectivity index is 2.04. The number of benzene rings is 2. The lowest BCUT2D eigenvalue weighted by atomic mass is 10.1. The smallest absolute Gasteiger partial charge is 0.116 e. The van der Waals surface area contributed by atoms with Gasteiger partial charge in [0.25, 0.3) is 0 Å². The molecule has 0 atom stereocenters. The third-order valence-corrected chi connectivity index (χ3v) is 3.20. The van der Waals surface area contributed by atoms with Crippen molar-refractivity contribution in [3.05, 3.63) is 60.3 Å². The van der Waals surface area contributed by atoms with Gasteiger partial charge in [0.15, 0.2) is 0 Å². The fourth-order valence-electron chi connectivity index (χ4n) is 2.17. The van der Waals surface area contributed by atoms with Crippen molar-refractivity contribution >= 4 is 22.1 Å². The van der Waals surface area contributed by atoms with Gasteiger partial charge in [-0.05, 0) is 30.4 Å². The molecule has 0 saturated carbocycles. The molecule has 1 aliphatic rings. The van der Waals surface area contributed by atoms with E-state index in [4.69, 9.17) is 5.73 Å². The third-order valence-electron chi connectivity index (χ3n) is 3.20. The molecule has 2 aromatic carbocycles.